The van der Waals surface area contributed by atoms with Crippen LogP contribution >= 0.6 is 0 Å². The van der Waals surface area contributed by atoms with E-state index in [0.717, 1.165) is 0 Å². The van der Waals surface area contributed by atoms with E-state index >= 15 is 0 Å². The van der Waals surface area contributed by atoms with Crippen LogP contribution in [0, 0.1) is 11.3 Å². The van der Waals surface area contributed by atoms with Gasteiger partial charge in [-0.05, 0) is 20.8 Å². The number of aromatic nitrogens is 2. The maximum absolute atomic E-state index is 11.4. The summed E-state index contributed by atoms with van der Waals surface area (Å²) in [4.78, 5) is 19.5. The molecule has 1 aromatic rings. The first-order valence-corrected chi connectivity index (χ1v) is 5.58. The maximum atomic E-state index is 11.4. The van der Waals surface area contributed by atoms with Crippen LogP contribution in [0.5, 0.6) is 0 Å². The number of hydrogen-bond acceptors (Lipinski definition) is 5. The molecule has 1 rings (SSSR count). The van der Waals surface area contributed by atoms with Crippen molar-refractivity contribution in [2.45, 2.75) is 39.2 Å². The molecular formula is C12H16N4O2. The van der Waals surface area contributed by atoms with Gasteiger partial charge in [-0.3, -0.25) is 10.3 Å². The first-order valence-electron chi connectivity index (χ1n) is 5.58. The number of nitrogens with zero attached hydrogens (tertiary/aromatic N) is 3. The summed E-state index contributed by atoms with van der Waals surface area (Å²) in [6, 6.07) is 2.03. The molecule has 0 radical (unpaired) electrons. The lowest BCUT2D eigenvalue weighted by molar-refractivity contribution is 0.0635. The molecule has 18 heavy (non-hydrogen) atoms. The molecule has 6 heteroatoms. The standard InChI is InChI=1S/C12H16N4O2/c1-12(2,3)18-11(17)16-10-8-14-9(7-15-10)5-4-6-13/h7-8H,4-5H2,1-3H3,(H,15,16,17). The van der Waals surface area contributed by atoms with E-state index in [2.05, 4.69) is 15.3 Å². The lowest BCUT2D eigenvalue weighted by Gasteiger charge is -2.19. The van der Waals surface area contributed by atoms with Gasteiger partial charge in [-0.2, -0.15) is 5.26 Å². The zero-order valence-electron chi connectivity index (χ0n) is 10.7. The zero-order chi connectivity index (χ0) is 13.6. The number of ether oxygens (including phenoxy) is 1. The Hall–Kier alpha value is -2.16. The minimum Gasteiger partial charge on any atom is -0.444 e. The number of anilines is 1. The smallest absolute Gasteiger partial charge is 0.413 e. The summed E-state index contributed by atoms with van der Waals surface area (Å²) >= 11 is 0. The van der Waals surface area contributed by atoms with E-state index in [1.807, 2.05) is 6.07 Å². The van der Waals surface area contributed by atoms with Crippen LogP contribution in [0.4, 0.5) is 10.6 Å². The van der Waals surface area contributed by atoms with Crippen molar-refractivity contribution in [2.24, 2.45) is 0 Å². The summed E-state index contributed by atoms with van der Waals surface area (Å²) < 4.78 is 5.08. The van der Waals surface area contributed by atoms with Gasteiger partial charge in [0.25, 0.3) is 0 Å². The molecule has 0 saturated heterocycles. The lowest BCUT2D eigenvalue weighted by atomic mass is 10.2. The predicted octanol–water partition coefficient (Wildman–Crippen LogP) is 2.28. The first-order chi connectivity index (χ1) is 8.40. The summed E-state index contributed by atoms with van der Waals surface area (Å²) in [5.74, 6) is 0.324. The van der Waals surface area contributed by atoms with Crippen LogP contribution in [0.3, 0.4) is 0 Å². The molecule has 6 nitrogen and oxygen atoms in total. The second-order valence-electron chi connectivity index (χ2n) is 4.68. The van der Waals surface area contributed by atoms with E-state index in [1.165, 1.54) is 12.4 Å². The van der Waals surface area contributed by atoms with Crippen LogP contribution < -0.4 is 5.32 Å². The number of nitriles is 1. The number of amides is 1. The van der Waals surface area contributed by atoms with E-state index < -0.39 is 11.7 Å². The van der Waals surface area contributed by atoms with Gasteiger partial charge in [-0.15, -0.1) is 0 Å². The van der Waals surface area contributed by atoms with E-state index in [0.29, 0.717) is 24.4 Å². The van der Waals surface area contributed by atoms with Crippen molar-refractivity contribution < 1.29 is 9.53 Å². The van der Waals surface area contributed by atoms with E-state index in [-0.39, 0.29) is 0 Å². The van der Waals surface area contributed by atoms with Gasteiger partial charge < -0.3 is 4.74 Å². The quantitative estimate of drug-likeness (QED) is 0.886. The van der Waals surface area contributed by atoms with Crippen molar-refractivity contribution in [3.8, 4) is 6.07 Å². The number of carbonyl (C=O) groups is 1. The van der Waals surface area contributed by atoms with Gasteiger partial charge in [0.15, 0.2) is 5.82 Å². The van der Waals surface area contributed by atoms with E-state index in [9.17, 15) is 4.79 Å². The summed E-state index contributed by atoms with van der Waals surface area (Å²) in [6.07, 6.45) is 3.35. The van der Waals surface area contributed by atoms with Crippen LogP contribution in [-0.2, 0) is 11.2 Å². The largest absolute Gasteiger partial charge is 0.444 e. The fraction of sp³-hybridized carbons (Fsp3) is 0.500. The average Bonchev–Trinajstić information content (AvgIpc) is 2.25. The molecule has 1 N–H and O–H groups in total. The fourth-order valence-electron chi connectivity index (χ4n) is 1.14. The van der Waals surface area contributed by atoms with Crippen molar-refractivity contribution in [3.05, 3.63) is 18.1 Å². The SMILES string of the molecule is CC(C)(C)OC(=O)Nc1cnc(CCC#N)cn1. The number of rotatable bonds is 3. The molecule has 0 saturated carbocycles. The molecule has 0 unspecified atom stereocenters. The second-order valence-corrected chi connectivity index (χ2v) is 4.68. The molecule has 0 fully saturated rings. The second kappa shape index (κ2) is 5.96. The van der Waals surface area contributed by atoms with Crippen molar-refractivity contribution in [1.82, 2.24) is 9.97 Å². The molecule has 0 aromatic carbocycles. The van der Waals surface area contributed by atoms with Gasteiger partial charge in [0.2, 0.25) is 0 Å². The Morgan fingerprint density at radius 3 is 2.67 bits per heavy atom. The molecule has 0 bridgehead atoms. The van der Waals surface area contributed by atoms with Crippen molar-refractivity contribution in [3.63, 3.8) is 0 Å². The molecule has 0 aliphatic carbocycles. The Morgan fingerprint density at radius 1 is 1.44 bits per heavy atom. The van der Waals surface area contributed by atoms with Gasteiger partial charge >= 0.3 is 6.09 Å². The zero-order valence-corrected chi connectivity index (χ0v) is 10.7. The summed E-state index contributed by atoms with van der Waals surface area (Å²) in [5.41, 5.74) is 0.163. The van der Waals surface area contributed by atoms with Gasteiger partial charge in [0.05, 0.1) is 24.2 Å². The molecule has 0 aliphatic heterocycles. The summed E-state index contributed by atoms with van der Waals surface area (Å²) in [5, 5.41) is 10.9. The van der Waals surface area contributed by atoms with Crippen LogP contribution in [0.25, 0.3) is 0 Å². The predicted molar refractivity (Wildman–Crippen MR) is 65.8 cm³/mol. The van der Waals surface area contributed by atoms with Gasteiger partial charge in [0, 0.05) is 12.8 Å². The number of nitrogens with one attached hydrogen (secondary N) is 1. The molecule has 0 aliphatic rings. The third-order valence-electron chi connectivity index (χ3n) is 1.83. The highest BCUT2D eigenvalue weighted by molar-refractivity contribution is 5.83. The van der Waals surface area contributed by atoms with Crippen molar-refractivity contribution in [2.75, 3.05) is 5.32 Å². The van der Waals surface area contributed by atoms with E-state index in [4.69, 9.17) is 10.00 Å². The molecule has 0 spiro atoms. The number of aryl methyl sites for hydroxylation is 1. The van der Waals surface area contributed by atoms with Crippen molar-refractivity contribution >= 4 is 11.9 Å². The van der Waals surface area contributed by atoms with E-state index in [1.54, 1.807) is 20.8 Å². The minimum atomic E-state index is -0.568. The monoisotopic (exact) mass is 248 g/mol. The van der Waals surface area contributed by atoms with Crippen LogP contribution in [0.15, 0.2) is 12.4 Å². The Morgan fingerprint density at radius 2 is 2.17 bits per heavy atom. The van der Waals surface area contributed by atoms with Crippen molar-refractivity contribution in [1.29, 1.82) is 5.26 Å². The molecule has 96 valence electrons. The molecule has 1 amide bonds. The van der Waals surface area contributed by atoms with Crippen LogP contribution in [0.2, 0.25) is 0 Å². The fourth-order valence-corrected chi connectivity index (χ4v) is 1.14. The molecule has 1 heterocycles. The topological polar surface area (TPSA) is 87.9 Å². The molecule has 1 aromatic heterocycles. The highest BCUT2D eigenvalue weighted by Crippen LogP contribution is 2.09. The lowest BCUT2D eigenvalue weighted by Crippen LogP contribution is -2.27. The van der Waals surface area contributed by atoms with Gasteiger partial charge in [-0.25, -0.2) is 9.78 Å². The highest BCUT2D eigenvalue weighted by Gasteiger charge is 2.16. The summed E-state index contributed by atoms with van der Waals surface area (Å²) in [7, 11) is 0. The minimum absolute atomic E-state index is 0.324. The maximum Gasteiger partial charge on any atom is 0.413 e. The van der Waals surface area contributed by atoms with Crippen LogP contribution in [0.1, 0.15) is 32.9 Å². The Kier molecular flexibility index (Phi) is 4.60. The Bertz CT molecular complexity index is 443. The highest BCUT2D eigenvalue weighted by atomic mass is 16.6. The molecule has 0 atom stereocenters. The normalized spacial score (nSPS) is 10.6. The third-order valence-corrected chi connectivity index (χ3v) is 1.83. The first kappa shape index (κ1) is 13.9. The Labute approximate surface area is 106 Å². The van der Waals surface area contributed by atoms with Gasteiger partial charge in [0.1, 0.15) is 5.60 Å². The third kappa shape index (κ3) is 5.25. The van der Waals surface area contributed by atoms with Gasteiger partial charge in [-0.1, -0.05) is 0 Å². The molecular weight excluding hydrogens is 232 g/mol. The number of carbonyl (C=O) groups excluding carboxylic acids is 1. The summed E-state index contributed by atoms with van der Waals surface area (Å²) in [6.45, 7) is 5.34. The average molecular weight is 248 g/mol. The van der Waals surface area contributed by atoms with Crippen LogP contribution in [-0.4, -0.2) is 21.7 Å². The Balaban J connectivity index is 2.54. The number of hydrogen-bond donors (Lipinski definition) is 1.